The maximum atomic E-state index is 10.9. The summed E-state index contributed by atoms with van der Waals surface area (Å²) in [7, 11) is 0. The minimum absolute atomic E-state index is 0.258. The molecule has 0 unspecified atom stereocenters. The summed E-state index contributed by atoms with van der Waals surface area (Å²) in [6.07, 6.45) is 0.982. The molecular formula is C9H17ClO5. The number of alkyl halides is 1. The average molecular weight is 241 g/mol. The van der Waals surface area contributed by atoms with Gasteiger partial charge in [-0.1, -0.05) is 24.9 Å². The fourth-order valence-electron chi connectivity index (χ4n) is 0.679. The van der Waals surface area contributed by atoms with Crippen LogP contribution >= 0.6 is 11.6 Å². The molecule has 0 bridgehead atoms. The van der Waals surface area contributed by atoms with Crippen LogP contribution in [-0.2, 0) is 19.2 Å². The van der Waals surface area contributed by atoms with E-state index in [-0.39, 0.29) is 6.07 Å². The van der Waals surface area contributed by atoms with Crippen LogP contribution in [0.25, 0.3) is 0 Å². The molecular weight excluding hydrogens is 224 g/mol. The summed E-state index contributed by atoms with van der Waals surface area (Å²) in [6, 6.07) is -0.258. The number of hydrogen-bond acceptors (Lipinski definition) is 5. The van der Waals surface area contributed by atoms with E-state index in [0.29, 0.717) is 6.61 Å². The van der Waals surface area contributed by atoms with Gasteiger partial charge in [0.2, 0.25) is 5.79 Å². The van der Waals surface area contributed by atoms with E-state index in [1.54, 1.807) is 0 Å². The fraction of sp³-hybridized carbons (Fsp3) is 0.889. The van der Waals surface area contributed by atoms with Crippen molar-refractivity contribution in [2.45, 2.75) is 39.4 Å². The van der Waals surface area contributed by atoms with Gasteiger partial charge in [0.25, 0.3) is 0 Å². The van der Waals surface area contributed by atoms with E-state index in [1.165, 1.54) is 13.8 Å². The van der Waals surface area contributed by atoms with E-state index < -0.39 is 11.9 Å². The minimum Gasteiger partial charge on any atom is -0.418 e. The summed E-state index contributed by atoms with van der Waals surface area (Å²) in [5.41, 5.74) is 0. The summed E-state index contributed by atoms with van der Waals surface area (Å²) in [6.45, 7) is 5.56. The van der Waals surface area contributed by atoms with Crippen molar-refractivity contribution in [2.24, 2.45) is 0 Å². The highest BCUT2D eigenvalue weighted by Gasteiger charge is 2.26. The Morgan fingerprint density at radius 1 is 1.40 bits per heavy atom. The third-order valence-corrected chi connectivity index (χ3v) is 1.45. The number of hydrogen-bond donors (Lipinski definition) is 0. The van der Waals surface area contributed by atoms with Crippen molar-refractivity contribution in [3.05, 3.63) is 0 Å². The molecule has 6 heteroatoms. The van der Waals surface area contributed by atoms with Crippen molar-refractivity contribution >= 4 is 17.8 Å². The highest BCUT2D eigenvalue weighted by Crippen LogP contribution is 2.13. The van der Waals surface area contributed by atoms with Crippen molar-refractivity contribution in [2.75, 3.05) is 12.7 Å². The number of carbonyl (C=O) groups is 1. The van der Waals surface area contributed by atoms with Gasteiger partial charge in [-0.2, -0.15) is 4.89 Å². The number of unbranched alkanes of at least 4 members (excludes halogenated alkanes) is 1. The van der Waals surface area contributed by atoms with Crippen LogP contribution in [0.5, 0.6) is 0 Å². The van der Waals surface area contributed by atoms with Crippen LogP contribution in [0.3, 0.4) is 0 Å². The largest absolute Gasteiger partial charge is 0.512 e. The molecule has 0 radical (unpaired) electrons. The van der Waals surface area contributed by atoms with Crippen molar-refractivity contribution in [3.63, 3.8) is 0 Å². The van der Waals surface area contributed by atoms with Crippen LogP contribution in [0, 0.1) is 0 Å². The molecule has 0 fully saturated rings. The van der Waals surface area contributed by atoms with Crippen molar-refractivity contribution in [3.8, 4) is 0 Å². The second-order valence-corrected chi connectivity index (χ2v) is 3.48. The standard InChI is InChI=1S/C9H17ClO5/c1-4-5-6-13-15-9(2,3)14-8(11)12-7-10/h4-7H2,1-3H3. The molecule has 0 atom stereocenters. The lowest BCUT2D eigenvalue weighted by Gasteiger charge is -2.22. The van der Waals surface area contributed by atoms with Gasteiger partial charge in [0.1, 0.15) is 0 Å². The summed E-state index contributed by atoms with van der Waals surface area (Å²) in [5, 5.41) is 0. The smallest absolute Gasteiger partial charge is 0.418 e. The average Bonchev–Trinajstić information content (AvgIpc) is 2.12. The molecule has 0 aliphatic heterocycles. The van der Waals surface area contributed by atoms with Gasteiger partial charge in [0, 0.05) is 13.8 Å². The third-order valence-electron chi connectivity index (χ3n) is 1.34. The zero-order chi connectivity index (χ0) is 11.7. The quantitative estimate of drug-likeness (QED) is 0.171. The summed E-state index contributed by atoms with van der Waals surface area (Å²) in [5.74, 6) is -1.18. The highest BCUT2D eigenvalue weighted by molar-refractivity contribution is 6.17. The first-order valence-electron chi connectivity index (χ1n) is 4.74. The molecule has 0 saturated carbocycles. The molecule has 90 valence electrons. The zero-order valence-corrected chi connectivity index (χ0v) is 10.0. The second-order valence-electron chi connectivity index (χ2n) is 3.26. The Balaban J connectivity index is 3.70. The van der Waals surface area contributed by atoms with Crippen molar-refractivity contribution in [1.29, 1.82) is 0 Å². The maximum Gasteiger partial charge on any atom is 0.512 e. The Morgan fingerprint density at radius 3 is 2.60 bits per heavy atom. The Labute approximate surface area is 94.5 Å². The van der Waals surface area contributed by atoms with Crippen LogP contribution in [-0.4, -0.2) is 24.6 Å². The summed E-state index contributed by atoms with van der Waals surface area (Å²) >= 11 is 5.18. The van der Waals surface area contributed by atoms with Crippen LogP contribution in [0.2, 0.25) is 0 Å². The summed E-state index contributed by atoms with van der Waals surface area (Å²) in [4.78, 5) is 20.6. The zero-order valence-electron chi connectivity index (χ0n) is 9.25. The number of halogens is 1. The Hall–Kier alpha value is -0.520. The normalized spacial score (nSPS) is 11.2. The van der Waals surface area contributed by atoms with E-state index in [0.717, 1.165) is 12.8 Å². The predicted octanol–water partition coefficient (Wildman–Crippen LogP) is 2.82. The molecule has 0 N–H and O–H groups in total. The monoisotopic (exact) mass is 240 g/mol. The number of ether oxygens (including phenoxy) is 2. The van der Waals surface area contributed by atoms with Crippen LogP contribution in [0.15, 0.2) is 0 Å². The first-order valence-corrected chi connectivity index (χ1v) is 5.27. The molecule has 0 aliphatic rings. The highest BCUT2D eigenvalue weighted by atomic mass is 35.5. The van der Waals surface area contributed by atoms with Gasteiger partial charge in [0.15, 0.2) is 6.07 Å². The van der Waals surface area contributed by atoms with Crippen molar-refractivity contribution < 1.29 is 24.0 Å². The van der Waals surface area contributed by atoms with Gasteiger partial charge in [-0.15, -0.1) is 0 Å². The van der Waals surface area contributed by atoms with Crippen LogP contribution in [0.1, 0.15) is 33.6 Å². The lowest BCUT2D eigenvalue weighted by Crippen LogP contribution is -2.31. The molecule has 0 aromatic heterocycles. The lowest BCUT2D eigenvalue weighted by molar-refractivity contribution is -0.407. The van der Waals surface area contributed by atoms with Crippen molar-refractivity contribution in [1.82, 2.24) is 0 Å². The van der Waals surface area contributed by atoms with E-state index in [2.05, 4.69) is 4.74 Å². The van der Waals surface area contributed by atoms with Gasteiger partial charge in [-0.25, -0.2) is 9.68 Å². The van der Waals surface area contributed by atoms with Gasteiger partial charge < -0.3 is 9.47 Å². The predicted molar refractivity (Wildman–Crippen MR) is 54.3 cm³/mol. The molecule has 0 aromatic carbocycles. The van der Waals surface area contributed by atoms with E-state index in [4.69, 9.17) is 26.1 Å². The number of rotatable bonds is 7. The molecule has 0 spiro atoms. The summed E-state index contributed by atoms with van der Waals surface area (Å²) < 4.78 is 9.14. The molecule has 0 aliphatic carbocycles. The van der Waals surface area contributed by atoms with E-state index >= 15 is 0 Å². The first kappa shape index (κ1) is 14.5. The van der Waals surface area contributed by atoms with Gasteiger partial charge >= 0.3 is 6.16 Å². The van der Waals surface area contributed by atoms with Crippen LogP contribution < -0.4 is 0 Å². The maximum absolute atomic E-state index is 10.9. The van der Waals surface area contributed by atoms with E-state index in [1.807, 2.05) is 6.92 Å². The Bertz CT molecular complexity index is 183. The number of carbonyl (C=O) groups excluding carboxylic acids is 1. The van der Waals surface area contributed by atoms with Crippen LogP contribution in [0.4, 0.5) is 4.79 Å². The third kappa shape index (κ3) is 8.47. The molecule has 0 heterocycles. The Kier molecular flexibility index (Phi) is 7.46. The molecule has 0 amide bonds. The fourth-order valence-corrected chi connectivity index (χ4v) is 0.768. The lowest BCUT2D eigenvalue weighted by atomic mass is 10.4. The minimum atomic E-state index is -1.18. The molecule has 15 heavy (non-hydrogen) atoms. The molecule has 0 saturated heterocycles. The Morgan fingerprint density at radius 2 is 2.07 bits per heavy atom. The second kappa shape index (κ2) is 7.73. The molecule has 0 rings (SSSR count). The molecule has 0 aromatic rings. The van der Waals surface area contributed by atoms with Gasteiger partial charge in [-0.3, -0.25) is 0 Å². The van der Waals surface area contributed by atoms with Gasteiger partial charge in [-0.05, 0) is 6.42 Å². The van der Waals surface area contributed by atoms with E-state index in [9.17, 15) is 4.79 Å². The molecule has 5 nitrogen and oxygen atoms in total. The topological polar surface area (TPSA) is 54.0 Å². The van der Waals surface area contributed by atoms with Gasteiger partial charge in [0.05, 0.1) is 6.61 Å². The first-order chi connectivity index (χ1) is 7.02. The SMILES string of the molecule is CCCCOOC(C)(C)OC(=O)OCCl.